The van der Waals surface area contributed by atoms with Crippen molar-refractivity contribution < 1.29 is 23.9 Å². The zero-order valence-corrected chi connectivity index (χ0v) is 21.8. The summed E-state index contributed by atoms with van der Waals surface area (Å²) in [7, 11) is 0. The molecule has 200 valence electrons. The van der Waals surface area contributed by atoms with Gasteiger partial charge >= 0.3 is 0 Å². The van der Waals surface area contributed by atoms with Crippen LogP contribution >= 0.6 is 11.6 Å². The fraction of sp³-hybridized carbons (Fsp3) is 0.233. The summed E-state index contributed by atoms with van der Waals surface area (Å²) >= 11 is 6.38. The van der Waals surface area contributed by atoms with Gasteiger partial charge in [-0.3, -0.25) is 24.6 Å². The lowest BCUT2D eigenvalue weighted by Gasteiger charge is -2.29. The van der Waals surface area contributed by atoms with Gasteiger partial charge in [0.05, 0.1) is 18.4 Å². The number of anilines is 1. The number of rotatable bonds is 4. The van der Waals surface area contributed by atoms with Crippen molar-refractivity contribution >= 4 is 45.9 Å². The van der Waals surface area contributed by atoms with Gasteiger partial charge in [-0.25, -0.2) is 0 Å². The number of benzene rings is 3. The number of para-hydroxylation sites is 1. The van der Waals surface area contributed by atoms with E-state index in [-0.39, 0.29) is 31.1 Å². The van der Waals surface area contributed by atoms with E-state index < -0.39 is 23.4 Å². The SMILES string of the molecule is O=C1[C@@H]2[C@@H](C(=O)N1Cc1ccc3c(c1)OCO3)[C@]1(N[C@@H]2Cc2c[nH]c3ccccc23)C(=O)Nc2ccc(Cl)cc21. The summed E-state index contributed by atoms with van der Waals surface area (Å²) in [6.07, 6.45) is 2.38. The number of hydrogen-bond acceptors (Lipinski definition) is 6. The number of carbonyl (C=O) groups is 3. The largest absolute Gasteiger partial charge is 0.454 e. The van der Waals surface area contributed by atoms with Crippen molar-refractivity contribution in [1.82, 2.24) is 15.2 Å². The van der Waals surface area contributed by atoms with Gasteiger partial charge in [0.25, 0.3) is 0 Å². The van der Waals surface area contributed by atoms with Crippen LogP contribution < -0.4 is 20.1 Å². The molecule has 4 atom stereocenters. The Labute approximate surface area is 233 Å². The highest BCUT2D eigenvalue weighted by atomic mass is 35.5. The highest BCUT2D eigenvalue weighted by Crippen LogP contribution is 2.54. The van der Waals surface area contributed by atoms with Crippen LogP contribution in [0.5, 0.6) is 11.5 Å². The Bertz CT molecular complexity index is 1770. The molecule has 3 N–H and O–H groups in total. The molecular formula is C30H23ClN4O5. The highest BCUT2D eigenvalue weighted by Gasteiger charge is 2.70. The molecule has 1 aromatic heterocycles. The number of imide groups is 1. The van der Waals surface area contributed by atoms with Gasteiger partial charge in [0.2, 0.25) is 24.5 Å². The lowest BCUT2D eigenvalue weighted by atomic mass is 9.76. The Morgan fingerprint density at radius 3 is 2.73 bits per heavy atom. The number of aromatic amines is 1. The highest BCUT2D eigenvalue weighted by molar-refractivity contribution is 6.31. The summed E-state index contributed by atoms with van der Waals surface area (Å²) in [6, 6.07) is 18.0. The minimum atomic E-state index is -1.42. The zero-order chi connectivity index (χ0) is 27.2. The molecular weight excluding hydrogens is 532 g/mol. The molecule has 10 heteroatoms. The third-order valence-electron chi connectivity index (χ3n) is 8.66. The van der Waals surface area contributed by atoms with Crippen LogP contribution in [0.15, 0.2) is 66.9 Å². The number of aromatic nitrogens is 1. The molecule has 4 aromatic rings. The second-order valence-corrected chi connectivity index (χ2v) is 11.2. The van der Waals surface area contributed by atoms with Crippen molar-refractivity contribution in [3.8, 4) is 11.5 Å². The lowest BCUT2D eigenvalue weighted by Crippen LogP contribution is -2.53. The zero-order valence-electron chi connectivity index (χ0n) is 21.1. The third kappa shape index (κ3) is 3.16. The van der Waals surface area contributed by atoms with Crippen LogP contribution in [0.4, 0.5) is 5.69 Å². The maximum Gasteiger partial charge on any atom is 0.250 e. The number of amides is 3. The van der Waals surface area contributed by atoms with Gasteiger partial charge in [0.1, 0.15) is 5.54 Å². The molecule has 3 aromatic carbocycles. The van der Waals surface area contributed by atoms with Gasteiger partial charge in [-0.15, -0.1) is 0 Å². The van der Waals surface area contributed by atoms with E-state index in [4.69, 9.17) is 21.1 Å². The number of nitrogens with zero attached hydrogens (tertiary/aromatic N) is 1. The second kappa shape index (κ2) is 8.33. The van der Waals surface area contributed by atoms with E-state index in [2.05, 4.69) is 15.6 Å². The van der Waals surface area contributed by atoms with Crippen LogP contribution in [-0.2, 0) is 32.9 Å². The van der Waals surface area contributed by atoms with Crippen LogP contribution in [0.2, 0.25) is 5.02 Å². The van der Waals surface area contributed by atoms with Crippen molar-refractivity contribution in [2.24, 2.45) is 11.8 Å². The van der Waals surface area contributed by atoms with Crippen LogP contribution in [0.25, 0.3) is 10.9 Å². The first-order valence-electron chi connectivity index (χ1n) is 13.1. The van der Waals surface area contributed by atoms with E-state index in [1.165, 1.54) is 4.90 Å². The molecule has 0 unspecified atom stereocenters. The molecule has 0 saturated carbocycles. The molecule has 0 aliphatic carbocycles. The van der Waals surface area contributed by atoms with Crippen molar-refractivity contribution in [1.29, 1.82) is 0 Å². The van der Waals surface area contributed by atoms with Gasteiger partial charge in [-0.1, -0.05) is 35.9 Å². The van der Waals surface area contributed by atoms with E-state index in [9.17, 15) is 14.4 Å². The average Bonchev–Trinajstić information content (AvgIpc) is 3.75. The topological polar surface area (TPSA) is 113 Å². The Morgan fingerprint density at radius 2 is 1.82 bits per heavy atom. The van der Waals surface area contributed by atoms with Crippen molar-refractivity contribution in [3.05, 3.63) is 88.6 Å². The molecule has 3 amide bonds. The summed E-state index contributed by atoms with van der Waals surface area (Å²) in [6.45, 7) is 0.201. The first kappa shape index (κ1) is 23.5. The minimum absolute atomic E-state index is 0.0706. The maximum absolute atomic E-state index is 14.2. The number of carbonyl (C=O) groups excluding carboxylic acids is 3. The van der Waals surface area contributed by atoms with Gasteiger partial charge in [0, 0.05) is 39.4 Å². The van der Waals surface area contributed by atoms with Gasteiger partial charge in [-0.05, 0) is 53.9 Å². The number of ether oxygens (including phenoxy) is 2. The number of likely N-dealkylation sites (tertiary alicyclic amines) is 1. The summed E-state index contributed by atoms with van der Waals surface area (Å²) in [4.78, 5) is 46.6. The van der Waals surface area contributed by atoms with Crippen LogP contribution in [0.1, 0.15) is 16.7 Å². The van der Waals surface area contributed by atoms with E-state index in [1.807, 2.05) is 36.5 Å². The summed E-state index contributed by atoms with van der Waals surface area (Å²) in [5.74, 6) is -1.51. The molecule has 5 heterocycles. The molecule has 40 heavy (non-hydrogen) atoms. The molecule has 2 fully saturated rings. The molecule has 8 rings (SSSR count). The van der Waals surface area contributed by atoms with E-state index >= 15 is 0 Å². The van der Waals surface area contributed by atoms with Crippen molar-refractivity contribution in [2.75, 3.05) is 12.1 Å². The van der Waals surface area contributed by atoms with Gasteiger partial charge < -0.3 is 19.8 Å². The molecule has 9 nitrogen and oxygen atoms in total. The number of halogens is 1. The maximum atomic E-state index is 14.2. The van der Waals surface area contributed by atoms with Crippen molar-refractivity contribution in [2.45, 2.75) is 24.5 Å². The summed E-state index contributed by atoms with van der Waals surface area (Å²) in [5.41, 5.74) is 2.48. The molecule has 0 radical (unpaired) electrons. The Hall–Kier alpha value is -4.34. The van der Waals surface area contributed by atoms with E-state index in [0.717, 1.165) is 22.0 Å². The van der Waals surface area contributed by atoms with Crippen molar-refractivity contribution in [3.63, 3.8) is 0 Å². The predicted octanol–water partition coefficient (Wildman–Crippen LogP) is 3.71. The van der Waals surface area contributed by atoms with Crippen LogP contribution in [0.3, 0.4) is 0 Å². The molecule has 1 spiro atoms. The quantitative estimate of drug-likeness (QED) is 0.332. The molecule has 4 aliphatic heterocycles. The number of nitrogens with one attached hydrogen (secondary N) is 3. The second-order valence-electron chi connectivity index (χ2n) is 10.7. The monoisotopic (exact) mass is 554 g/mol. The molecule has 2 saturated heterocycles. The smallest absolute Gasteiger partial charge is 0.250 e. The normalized spacial score (nSPS) is 26.2. The lowest BCUT2D eigenvalue weighted by molar-refractivity contribution is -0.143. The number of H-pyrrole nitrogens is 1. The van der Waals surface area contributed by atoms with E-state index in [1.54, 1.807) is 30.3 Å². The third-order valence-corrected chi connectivity index (χ3v) is 8.90. The molecule has 0 bridgehead atoms. The van der Waals surface area contributed by atoms with Gasteiger partial charge in [0.15, 0.2) is 11.5 Å². The first-order valence-corrected chi connectivity index (χ1v) is 13.5. The molecule has 4 aliphatic rings. The Kier molecular flexibility index (Phi) is 4.90. The average molecular weight is 555 g/mol. The fourth-order valence-corrected chi connectivity index (χ4v) is 7.10. The predicted molar refractivity (Wildman–Crippen MR) is 146 cm³/mol. The Balaban J connectivity index is 1.22. The van der Waals surface area contributed by atoms with Crippen LogP contribution in [-0.4, -0.2) is 40.4 Å². The van der Waals surface area contributed by atoms with Crippen LogP contribution in [0, 0.1) is 11.8 Å². The minimum Gasteiger partial charge on any atom is -0.454 e. The fourth-order valence-electron chi connectivity index (χ4n) is 6.92. The van der Waals surface area contributed by atoms with Gasteiger partial charge in [-0.2, -0.15) is 0 Å². The first-order chi connectivity index (χ1) is 19.4. The Morgan fingerprint density at radius 1 is 0.975 bits per heavy atom. The summed E-state index contributed by atoms with van der Waals surface area (Å²) in [5, 5.41) is 7.91. The number of hydrogen-bond donors (Lipinski definition) is 3. The number of fused-ring (bicyclic) bond motifs is 6. The standard InChI is InChI=1S/C30H23ClN4O5/c31-17-6-7-21-19(11-17)30(29(38)33-21)26-25(22(34-30)10-16-12-32-20-4-2-1-3-18(16)20)27(36)35(28(26)37)13-15-5-8-23-24(9-15)40-14-39-23/h1-9,11-12,22,25-26,32,34H,10,13-14H2,(H,33,38)/t22-,25+,26+,30+/m1/s1. The summed E-state index contributed by atoms with van der Waals surface area (Å²) < 4.78 is 10.9. The van der Waals surface area contributed by atoms with E-state index in [0.29, 0.717) is 34.2 Å².